The van der Waals surface area contributed by atoms with Crippen LogP contribution in [0, 0.1) is 16.7 Å². The Morgan fingerprint density at radius 1 is 1.27 bits per heavy atom. The number of thioether (sulfide) groups is 1. The minimum Gasteiger partial charge on any atom is -0.384 e. The zero-order valence-corrected chi connectivity index (χ0v) is 20.1. The molecule has 1 aromatic heterocycles. The van der Waals surface area contributed by atoms with Gasteiger partial charge in [-0.15, -0.1) is 10.2 Å². The van der Waals surface area contributed by atoms with Crippen LogP contribution < -0.4 is 16.0 Å². The molecule has 8 nitrogen and oxygen atoms in total. The highest BCUT2D eigenvalue weighted by atomic mass is 32.2. The maximum atomic E-state index is 13.7. The number of nitrogens with zero attached hydrogens (tertiary/aromatic N) is 4. The second-order valence-corrected chi connectivity index (χ2v) is 11.5. The summed E-state index contributed by atoms with van der Waals surface area (Å²) < 4.78 is 0.770. The first-order chi connectivity index (χ1) is 15.7. The predicted molar refractivity (Wildman–Crippen MR) is 127 cm³/mol. The fourth-order valence-corrected chi connectivity index (χ4v) is 6.84. The van der Waals surface area contributed by atoms with E-state index in [1.165, 1.54) is 11.3 Å². The molecule has 2 aromatic rings. The molecule has 1 spiro atoms. The molecule has 0 bridgehead atoms. The fourth-order valence-electron chi connectivity index (χ4n) is 5.07. The van der Waals surface area contributed by atoms with Gasteiger partial charge in [0.25, 0.3) is 0 Å². The third kappa shape index (κ3) is 2.96. The molecule has 1 unspecified atom stereocenters. The molecule has 3 heterocycles. The van der Waals surface area contributed by atoms with Gasteiger partial charge >= 0.3 is 0 Å². The van der Waals surface area contributed by atoms with E-state index >= 15 is 0 Å². The van der Waals surface area contributed by atoms with Gasteiger partial charge in [0.05, 0.1) is 5.57 Å². The number of hydrogen-bond donors (Lipinski definition) is 2. The second-order valence-electron chi connectivity index (χ2n) is 9.00. The van der Waals surface area contributed by atoms with Crippen LogP contribution in [0.4, 0.5) is 10.8 Å². The lowest BCUT2D eigenvalue weighted by molar-refractivity contribution is -0.123. The van der Waals surface area contributed by atoms with E-state index in [-0.39, 0.29) is 29.0 Å². The SMILES string of the molecule is CCSc1nnc(N2C(N)=C(C#N)C3(C(=O)Nc4ccccc43)C3=C2CC(C)(C)CC3=O)s1. The highest BCUT2D eigenvalue weighted by molar-refractivity contribution is 8.01. The lowest BCUT2D eigenvalue weighted by Crippen LogP contribution is -2.52. The molecule has 0 saturated heterocycles. The van der Waals surface area contributed by atoms with Crippen LogP contribution in [-0.2, 0) is 15.0 Å². The second kappa shape index (κ2) is 7.43. The number of nitriles is 1. The summed E-state index contributed by atoms with van der Waals surface area (Å²) in [5.74, 6) is 0.356. The molecule has 2 aliphatic heterocycles. The minimum absolute atomic E-state index is 0.0386. The lowest BCUT2D eigenvalue weighted by atomic mass is 9.61. The molecule has 10 heteroatoms. The van der Waals surface area contributed by atoms with Crippen molar-refractivity contribution in [2.24, 2.45) is 11.1 Å². The Bertz CT molecular complexity index is 1320. The summed E-state index contributed by atoms with van der Waals surface area (Å²) in [4.78, 5) is 29.0. The van der Waals surface area contributed by atoms with Crippen molar-refractivity contribution < 1.29 is 9.59 Å². The highest BCUT2D eigenvalue weighted by Crippen LogP contribution is 2.57. The number of amides is 1. The summed E-state index contributed by atoms with van der Waals surface area (Å²) in [6, 6.07) is 9.35. The zero-order chi connectivity index (χ0) is 23.5. The molecule has 0 radical (unpaired) electrons. The molecule has 168 valence electrons. The number of benzene rings is 1. The Labute approximate surface area is 199 Å². The third-order valence-electron chi connectivity index (χ3n) is 6.26. The van der Waals surface area contributed by atoms with Gasteiger partial charge in [0.15, 0.2) is 10.1 Å². The summed E-state index contributed by atoms with van der Waals surface area (Å²) in [7, 11) is 0. The number of allylic oxidation sites excluding steroid dienone is 1. The number of carbonyl (C=O) groups is 2. The van der Waals surface area contributed by atoms with Gasteiger partial charge in [0, 0.05) is 28.9 Å². The Kier molecular flexibility index (Phi) is 4.88. The van der Waals surface area contributed by atoms with E-state index in [2.05, 4.69) is 21.6 Å². The average Bonchev–Trinajstić information content (AvgIpc) is 3.31. The van der Waals surface area contributed by atoms with Crippen molar-refractivity contribution in [3.05, 3.63) is 52.5 Å². The summed E-state index contributed by atoms with van der Waals surface area (Å²) >= 11 is 2.91. The topological polar surface area (TPSA) is 125 Å². The number of ketones is 1. The third-order valence-corrected chi connectivity index (χ3v) is 8.18. The van der Waals surface area contributed by atoms with Gasteiger partial charge in [-0.3, -0.25) is 14.5 Å². The van der Waals surface area contributed by atoms with Gasteiger partial charge in [-0.1, -0.05) is 62.1 Å². The number of fused-ring (bicyclic) bond motifs is 3. The monoisotopic (exact) mass is 478 g/mol. The molecule has 33 heavy (non-hydrogen) atoms. The number of para-hydroxylation sites is 1. The number of Topliss-reactive ketones (excluding diaryl/α,β-unsaturated/α-hetero) is 1. The number of hydrogen-bond acceptors (Lipinski definition) is 9. The number of aromatic nitrogens is 2. The van der Waals surface area contributed by atoms with Crippen molar-refractivity contribution in [1.82, 2.24) is 10.2 Å². The van der Waals surface area contributed by atoms with E-state index in [4.69, 9.17) is 5.73 Å². The first-order valence-corrected chi connectivity index (χ1v) is 12.4. The van der Waals surface area contributed by atoms with Crippen LogP contribution in [0.1, 0.15) is 39.2 Å². The number of nitrogens with two attached hydrogens (primary N) is 1. The van der Waals surface area contributed by atoms with Crippen molar-refractivity contribution in [2.45, 2.75) is 43.4 Å². The van der Waals surface area contributed by atoms with E-state index in [1.54, 1.807) is 34.9 Å². The van der Waals surface area contributed by atoms with Crippen LogP contribution in [0.15, 0.2) is 51.3 Å². The van der Waals surface area contributed by atoms with Gasteiger partial charge in [-0.2, -0.15) is 5.26 Å². The standard InChI is InChI=1S/C23H22N6O2S2/c1-4-32-21-28-27-20(33-21)29-15-9-22(2,3)10-16(30)17(15)23(13(11-24)18(29)25)12-7-5-6-8-14(12)26-19(23)31/h5-8H,4,9-10,25H2,1-3H3,(H,26,31). The quantitative estimate of drug-likeness (QED) is 0.640. The van der Waals surface area contributed by atoms with E-state index in [1.807, 2.05) is 26.8 Å². The van der Waals surface area contributed by atoms with Crippen molar-refractivity contribution in [3.8, 4) is 6.07 Å². The number of carbonyl (C=O) groups excluding carboxylic acids is 2. The summed E-state index contributed by atoms with van der Waals surface area (Å²) in [5.41, 5.74) is 6.87. The van der Waals surface area contributed by atoms with Crippen LogP contribution in [0.5, 0.6) is 0 Å². The fraction of sp³-hybridized carbons (Fsp3) is 0.348. The minimum atomic E-state index is -1.57. The van der Waals surface area contributed by atoms with Gasteiger partial charge in [0.1, 0.15) is 17.3 Å². The largest absolute Gasteiger partial charge is 0.384 e. The Morgan fingerprint density at radius 2 is 2.03 bits per heavy atom. The molecule has 0 saturated carbocycles. The lowest BCUT2D eigenvalue weighted by Gasteiger charge is -2.45. The number of anilines is 2. The Morgan fingerprint density at radius 3 is 2.76 bits per heavy atom. The average molecular weight is 479 g/mol. The summed E-state index contributed by atoms with van der Waals surface area (Å²) in [6.07, 6.45) is 0.767. The van der Waals surface area contributed by atoms with Crippen molar-refractivity contribution >= 4 is 45.6 Å². The maximum Gasteiger partial charge on any atom is 0.245 e. The van der Waals surface area contributed by atoms with Crippen LogP contribution in [0.2, 0.25) is 0 Å². The molecular formula is C23H22N6O2S2. The molecule has 3 N–H and O–H groups in total. The van der Waals surface area contributed by atoms with E-state index < -0.39 is 11.3 Å². The maximum absolute atomic E-state index is 13.7. The van der Waals surface area contributed by atoms with Gasteiger partial charge in [0.2, 0.25) is 11.0 Å². The van der Waals surface area contributed by atoms with Crippen LogP contribution >= 0.6 is 23.1 Å². The predicted octanol–water partition coefficient (Wildman–Crippen LogP) is 3.70. The molecule has 1 amide bonds. The highest BCUT2D eigenvalue weighted by Gasteiger charge is 2.61. The normalized spacial score (nSPS) is 23.5. The van der Waals surface area contributed by atoms with Crippen molar-refractivity contribution in [1.29, 1.82) is 5.26 Å². The molecule has 1 aliphatic carbocycles. The van der Waals surface area contributed by atoms with Crippen LogP contribution in [0.25, 0.3) is 0 Å². The summed E-state index contributed by atoms with van der Waals surface area (Å²) in [5, 5.41) is 22.2. The zero-order valence-electron chi connectivity index (χ0n) is 18.4. The molecule has 5 rings (SSSR count). The molecule has 3 aliphatic rings. The first kappa shape index (κ1) is 21.7. The smallest absolute Gasteiger partial charge is 0.245 e. The van der Waals surface area contributed by atoms with E-state index in [0.29, 0.717) is 34.1 Å². The Hall–Kier alpha value is -3.16. The van der Waals surface area contributed by atoms with Crippen LogP contribution in [0.3, 0.4) is 0 Å². The number of nitrogens with one attached hydrogen (secondary N) is 1. The molecule has 0 fully saturated rings. The molecule has 1 atom stereocenters. The van der Waals surface area contributed by atoms with Crippen molar-refractivity contribution in [3.63, 3.8) is 0 Å². The van der Waals surface area contributed by atoms with Gasteiger partial charge in [-0.25, -0.2) is 0 Å². The van der Waals surface area contributed by atoms with Crippen molar-refractivity contribution in [2.75, 3.05) is 16.0 Å². The molecule has 1 aromatic carbocycles. The van der Waals surface area contributed by atoms with E-state index in [0.717, 1.165) is 10.1 Å². The van der Waals surface area contributed by atoms with Gasteiger partial charge < -0.3 is 11.1 Å². The number of rotatable bonds is 3. The van der Waals surface area contributed by atoms with Gasteiger partial charge in [-0.05, 0) is 23.7 Å². The van der Waals surface area contributed by atoms with Crippen LogP contribution in [-0.4, -0.2) is 27.6 Å². The first-order valence-electron chi connectivity index (χ1n) is 10.6. The Balaban J connectivity index is 1.85. The van der Waals surface area contributed by atoms with E-state index in [9.17, 15) is 14.9 Å². The molecular weight excluding hydrogens is 456 g/mol. The summed E-state index contributed by atoms with van der Waals surface area (Å²) in [6.45, 7) is 6.05.